The van der Waals surface area contributed by atoms with Gasteiger partial charge in [0.25, 0.3) is 0 Å². The number of rotatable bonds is 5. The SMILES string of the molecule is Cc1ccc(C(Cc2ccccn2)N2CCCC2C(=O)O)s1. The number of hydrogen-bond acceptors (Lipinski definition) is 4. The third-order valence-corrected chi connectivity index (χ3v) is 5.30. The predicted octanol–water partition coefficient (Wildman–Crippen LogP) is 3.28. The van der Waals surface area contributed by atoms with Gasteiger partial charge in [0.2, 0.25) is 0 Å². The molecule has 0 spiro atoms. The minimum Gasteiger partial charge on any atom is -0.480 e. The minimum atomic E-state index is -0.711. The second kappa shape index (κ2) is 6.58. The number of carboxylic acid groups (broad SMARTS) is 1. The standard InChI is InChI=1S/C17H20N2O2S/c1-12-7-8-16(22-12)15(11-13-5-2-3-9-18-13)19-10-4-6-14(19)17(20)21/h2-3,5,7-9,14-15H,4,6,10-11H2,1H3,(H,20,21). The topological polar surface area (TPSA) is 53.4 Å². The number of aryl methyl sites for hydroxylation is 1. The van der Waals surface area contributed by atoms with Crippen LogP contribution in [0.3, 0.4) is 0 Å². The Morgan fingerprint density at radius 1 is 1.45 bits per heavy atom. The average molecular weight is 316 g/mol. The van der Waals surface area contributed by atoms with E-state index in [1.807, 2.05) is 18.2 Å². The Bertz CT molecular complexity index is 641. The molecule has 0 amide bonds. The Kier molecular flexibility index (Phi) is 4.55. The minimum absolute atomic E-state index is 0.0946. The first-order valence-corrected chi connectivity index (χ1v) is 8.41. The number of carboxylic acids is 1. The Labute approximate surface area is 134 Å². The van der Waals surface area contributed by atoms with Crippen LogP contribution < -0.4 is 0 Å². The molecule has 0 aromatic carbocycles. The van der Waals surface area contributed by atoms with Crippen LogP contribution in [0, 0.1) is 6.92 Å². The highest BCUT2D eigenvalue weighted by molar-refractivity contribution is 7.12. The molecule has 1 fully saturated rings. The average Bonchev–Trinajstić information content (AvgIpc) is 3.15. The molecule has 1 aliphatic heterocycles. The van der Waals surface area contributed by atoms with Crippen molar-refractivity contribution >= 4 is 17.3 Å². The molecule has 2 unspecified atom stereocenters. The fourth-order valence-electron chi connectivity index (χ4n) is 3.16. The van der Waals surface area contributed by atoms with E-state index in [1.54, 1.807) is 17.5 Å². The molecule has 0 radical (unpaired) electrons. The summed E-state index contributed by atoms with van der Waals surface area (Å²) in [5.41, 5.74) is 1.01. The van der Waals surface area contributed by atoms with Gasteiger partial charge in [-0.05, 0) is 50.6 Å². The van der Waals surface area contributed by atoms with Crippen molar-refractivity contribution in [3.05, 3.63) is 52.0 Å². The van der Waals surface area contributed by atoms with Crippen molar-refractivity contribution in [1.82, 2.24) is 9.88 Å². The molecule has 0 saturated carbocycles. The Morgan fingerprint density at radius 3 is 2.95 bits per heavy atom. The van der Waals surface area contributed by atoms with Gasteiger partial charge in [0, 0.05) is 28.1 Å². The molecule has 116 valence electrons. The van der Waals surface area contributed by atoms with E-state index >= 15 is 0 Å². The maximum Gasteiger partial charge on any atom is 0.320 e. The highest BCUT2D eigenvalue weighted by Crippen LogP contribution is 2.35. The van der Waals surface area contributed by atoms with Crippen molar-refractivity contribution in [3.8, 4) is 0 Å². The van der Waals surface area contributed by atoms with Crippen molar-refractivity contribution in [2.45, 2.75) is 38.3 Å². The number of nitrogens with zero attached hydrogens (tertiary/aromatic N) is 2. The van der Waals surface area contributed by atoms with E-state index < -0.39 is 5.97 Å². The Balaban J connectivity index is 1.90. The molecule has 1 saturated heterocycles. The van der Waals surface area contributed by atoms with Crippen LogP contribution in [0.4, 0.5) is 0 Å². The molecule has 3 rings (SSSR count). The summed E-state index contributed by atoms with van der Waals surface area (Å²) in [6, 6.07) is 9.86. The van der Waals surface area contributed by atoms with E-state index in [0.717, 1.165) is 31.5 Å². The van der Waals surface area contributed by atoms with Crippen LogP contribution >= 0.6 is 11.3 Å². The molecular weight excluding hydrogens is 296 g/mol. The number of pyridine rings is 1. The zero-order valence-electron chi connectivity index (χ0n) is 12.6. The van der Waals surface area contributed by atoms with Gasteiger partial charge < -0.3 is 5.11 Å². The Hall–Kier alpha value is -1.72. The van der Waals surface area contributed by atoms with Crippen LogP contribution in [0.2, 0.25) is 0 Å². The number of carbonyl (C=O) groups is 1. The largest absolute Gasteiger partial charge is 0.480 e. The van der Waals surface area contributed by atoms with Crippen LogP contribution in [0.5, 0.6) is 0 Å². The Morgan fingerprint density at radius 2 is 2.32 bits per heavy atom. The zero-order chi connectivity index (χ0) is 15.5. The summed E-state index contributed by atoms with van der Waals surface area (Å²) < 4.78 is 0. The van der Waals surface area contributed by atoms with E-state index in [-0.39, 0.29) is 12.1 Å². The molecule has 22 heavy (non-hydrogen) atoms. The van der Waals surface area contributed by atoms with Crippen LogP contribution in [0.25, 0.3) is 0 Å². The van der Waals surface area contributed by atoms with Crippen molar-refractivity contribution in [2.75, 3.05) is 6.54 Å². The van der Waals surface area contributed by atoms with Crippen molar-refractivity contribution in [2.24, 2.45) is 0 Å². The smallest absolute Gasteiger partial charge is 0.320 e. The lowest BCUT2D eigenvalue weighted by atomic mass is 10.1. The molecule has 1 N–H and O–H groups in total. The van der Waals surface area contributed by atoms with Gasteiger partial charge in [-0.15, -0.1) is 11.3 Å². The third-order valence-electron chi connectivity index (χ3n) is 4.20. The summed E-state index contributed by atoms with van der Waals surface area (Å²) >= 11 is 1.75. The number of thiophene rings is 1. The highest BCUT2D eigenvalue weighted by atomic mass is 32.1. The van der Waals surface area contributed by atoms with Gasteiger partial charge in [0.05, 0.1) is 6.04 Å². The third kappa shape index (κ3) is 3.20. The van der Waals surface area contributed by atoms with Crippen LogP contribution in [0.15, 0.2) is 36.5 Å². The summed E-state index contributed by atoms with van der Waals surface area (Å²) in [4.78, 5) is 20.6. The summed E-state index contributed by atoms with van der Waals surface area (Å²) in [5, 5.41) is 9.50. The number of likely N-dealkylation sites (tertiary alicyclic amines) is 1. The predicted molar refractivity (Wildman–Crippen MR) is 87.1 cm³/mol. The molecule has 2 aromatic rings. The molecule has 0 bridgehead atoms. The maximum atomic E-state index is 11.6. The van der Waals surface area contributed by atoms with E-state index in [0.29, 0.717) is 0 Å². The number of aromatic nitrogens is 1. The summed E-state index contributed by atoms with van der Waals surface area (Å²) in [5.74, 6) is -0.711. The van der Waals surface area contributed by atoms with Crippen molar-refractivity contribution < 1.29 is 9.90 Å². The summed E-state index contributed by atoms with van der Waals surface area (Å²) in [6.45, 7) is 2.93. The molecular formula is C17H20N2O2S. The quantitative estimate of drug-likeness (QED) is 0.919. The molecule has 2 aromatic heterocycles. The first-order valence-electron chi connectivity index (χ1n) is 7.60. The molecule has 3 heterocycles. The van der Waals surface area contributed by atoms with Crippen molar-refractivity contribution in [3.63, 3.8) is 0 Å². The fraction of sp³-hybridized carbons (Fsp3) is 0.412. The van der Waals surface area contributed by atoms with Gasteiger partial charge in [0.1, 0.15) is 6.04 Å². The molecule has 0 aliphatic carbocycles. The molecule has 5 heteroatoms. The molecule has 2 atom stereocenters. The van der Waals surface area contributed by atoms with E-state index in [4.69, 9.17) is 0 Å². The van der Waals surface area contributed by atoms with E-state index in [9.17, 15) is 9.90 Å². The first-order chi connectivity index (χ1) is 10.6. The van der Waals surface area contributed by atoms with Gasteiger partial charge in [-0.1, -0.05) is 6.07 Å². The van der Waals surface area contributed by atoms with E-state index in [2.05, 4.69) is 28.9 Å². The maximum absolute atomic E-state index is 11.6. The lowest BCUT2D eigenvalue weighted by molar-refractivity contribution is -0.143. The molecule has 4 nitrogen and oxygen atoms in total. The fourth-order valence-corrected chi connectivity index (χ4v) is 4.16. The number of aliphatic carboxylic acids is 1. The lowest BCUT2D eigenvalue weighted by Gasteiger charge is -2.30. The van der Waals surface area contributed by atoms with Gasteiger partial charge in [-0.3, -0.25) is 14.7 Å². The van der Waals surface area contributed by atoms with Gasteiger partial charge >= 0.3 is 5.97 Å². The monoisotopic (exact) mass is 316 g/mol. The van der Waals surface area contributed by atoms with Crippen LogP contribution in [-0.4, -0.2) is 33.5 Å². The lowest BCUT2D eigenvalue weighted by Crippen LogP contribution is -2.39. The first kappa shape index (κ1) is 15.2. The van der Waals surface area contributed by atoms with Crippen LogP contribution in [0.1, 0.15) is 34.3 Å². The second-order valence-electron chi connectivity index (χ2n) is 5.72. The van der Waals surface area contributed by atoms with E-state index in [1.165, 1.54) is 9.75 Å². The normalized spacial score (nSPS) is 20.1. The molecule has 1 aliphatic rings. The second-order valence-corrected chi connectivity index (χ2v) is 7.04. The highest BCUT2D eigenvalue weighted by Gasteiger charge is 2.36. The zero-order valence-corrected chi connectivity index (χ0v) is 13.4. The van der Waals surface area contributed by atoms with Crippen molar-refractivity contribution in [1.29, 1.82) is 0 Å². The summed E-state index contributed by atoms with van der Waals surface area (Å²) in [6.07, 6.45) is 4.23. The van der Waals surface area contributed by atoms with Gasteiger partial charge in [-0.2, -0.15) is 0 Å². The van der Waals surface area contributed by atoms with Crippen LogP contribution in [-0.2, 0) is 11.2 Å². The summed E-state index contributed by atoms with van der Waals surface area (Å²) in [7, 11) is 0. The number of hydrogen-bond donors (Lipinski definition) is 1. The van der Waals surface area contributed by atoms with Gasteiger partial charge in [0.15, 0.2) is 0 Å². The van der Waals surface area contributed by atoms with Gasteiger partial charge in [-0.25, -0.2) is 0 Å².